The van der Waals surface area contributed by atoms with Crippen molar-refractivity contribution in [2.24, 2.45) is 5.14 Å². The second kappa shape index (κ2) is 4.77. The monoisotopic (exact) mass is 338 g/mol. The Hall–Kier alpha value is -0.480. The number of aryl methyl sites for hydroxylation is 1. The molecular formula is C11H18N2O4S3. The van der Waals surface area contributed by atoms with Crippen LogP contribution in [0.15, 0.2) is 14.5 Å². The van der Waals surface area contributed by atoms with E-state index in [0.717, 1.165) is 11.3 Å². The van der Waals surface area contributed by atoms with Crippen LogP contribution < -0.4 is 5.14 Å². The highest BCUT2D eigenvalue weighted by Gasteiger charge is 2.46. The fourth-order valence-electron chi connectivity index (χ4n) is 2.52. The van der Waals surface area contributed by atoms with Crippen molar-refractivity contribution in [3.8, 4) is 0 Å². The van der Waals surface area contributed by atoms with Gasteiger partial charge in [-0.1, -0.05) is 0 Å². The molecule has 0 saturated carbocycles. The van der Waals surface area contributed by atoms with Crippen molar-refractivity contribution in [1.29, 1.82) is 0 Å². The van der Waals surface area contributed by atoms with Gasteiger partial charge < -0.3 is 4.90 Å². The first-order valence-corrected chi connectivity index (χ1v) is 9.87. The molecule has 0 amide bonds. The summed E-state index contributed by atoms with van der Waals surface area (Å²) in [4.78, 5) is 1.83. The highest BCUT2D eigenvalue weighted by Crippen LogP contribution is 2.43. The lowest BCUT2D eigenvalue weighted by Gasteiger charge is -2.35. The summed E-state index contributed by atoms with van der Waals surface area (Å²) in [7, 11) is -3.78. The number of sulfone groups is 1. The van der Waals surface area contributed by atoms with Crippen molar-refractivity contribution < 1.29 is 16.8 Å². The average molecular weight is 338 g/mol. The van der Waals surface area contributed by atoms with Gasteiger partial charge in [0.15, 0.2) is 9.84 Å². The summed E-state index contributed by atoms with van der Waals surface area (Å²) in [6.45, 7) is 2.11. The molecule has 0 saturated heterocycles. The molecule has 1 aromatic heterocycles. The zero-order valence-electron chi connectivity index (χ0n) is 11.6. The van der Waals surface area contributed by atoms with Gasteiger partial charge in [-0.15, -0.1) is 11.3 Å². The molecule has 114 valence electrons. The minimum Gasteiger partial charge on any atom is -0.308 e. The van der Waals surface area contributed by atoms with Gasteiger partial charge in [-0.25, -0.2) is 22.0 Å². The van der Waals surface area contributed by atoms with E-state index in [1.165, 1.54) is 6.07 Å². The summed E-state index contributed by atoms with van der Waals surface area (Å²) in [6, 6.07) is 1.39. The number of primary sulfonamides is 1. The van der Waals surface area contributed by atoms with E-state index in [1.807, 2.05) is 19.0 Å². The molecule has 1 aliphatic rings. The lowest BCUT2D eigenvalue weighted by Crippen LogP contribution is -2.46. The van der Waals surface area contributed by atoms with E-state index in [1.54, 1.807) is 6.92 Å². The Morgan fingerprint density at radius 2 is 2.05 bits per heavy atom. The lowest BCUT2D eigenvalue weighted by atomic mass is 10.0. The highest BCUT2D eigenvalue weighted by atomic mass is 32.3. The summed E-state index contributed by atoms with van der Waals surface area (Å²) in [5, 5.41) is 5.09. The molecule has 9 heteroatoms. The predicted molar refractivity (Wildman–Crippen MR) is 78.2 cm³/mol. The van der Waals surface area contributed by atoms with Crippen LogP contribution in [0, 0.1) is 0 Å². The van der Waals surface area contributed by atoms with Crippen LogP contribution in [0.4, 0.5) is 0 Å². The lowest BCUT2D eigenvalue weighted by molar-refractivity contribution is 0.335. The maximum atomic E-state index is 12.7. The zero-order chi connectivity index (χ0) is 15.3. The molecule has 6 nitrogen and oxygen atoms in total. The third-order valence-corrected chi connectivity index (χ3v) is 9.18. The molecule has 1 aliphatic heterocycles. The van der Waals surface area contributed by atoms with Gasteiger partial charge in [0, 0.05) is 6.54 Å². The zero-order valence-corrected chi connectivity index (χ0v) is 14.0. The number of thiophene rings is 1. The number of sulfonamides is 1. The van der Waals surface area contributed by atoms with Crippen LogP contribution in [0.1, 0.15) is 18.9 Å². The summed E-state index contributed by atoms with van der Waals surface area (Å²) in [6.07, 6.45) is 1.02. The Labute approximate surface area is 123 Å². The van der Waals surface area contributed by atoms with Gasteiger partial charge in [0.2, 0.25) is 10.0 Å². The van der Waals surface area contributed by atoms with E-state index in [9.17, 15) is 16.8 Å². The van der Waals surface area contributed by atoms with Crippen LogP contribution in [-0.4, -0.2) is 47.1 Å². The second-order valence-electron chi connectivity index (χ2n) is 5.61. The molecule has 0 fully saturated rings. The van der Waals surface area contributed by atoms with Gasteiger partial charge in [0.25, 0.3) is 0 Å². The standard InChI is InChI=1S/C11H18N2O4S3/c1-11(7-13(2)3)5-4-8-6-9(20(12,16)17)18-10(8)19(11,14)15/h6H,4-5,7H2,1-3H3,(H2,12,16,17). The van der Waals surface area contributed by atoms with E-state index in [-0.39, 0.29) is 8.42 Å². The van der Waals surface area contributed by atoms with E-state index in [0.29, 0.717) is 24.9 Å². The molecule has 2 N–H and O–H groups in total. The summed E-state index contributed by atoms with van der Waals surface area (Å²) in [5.41, 5.74) is 0.565. The molecule has 0 radical (unpaired) electrons. The van der Waals surface area contributed by atoms with E-state index < -0.39 is 24.6 Å². The fraction of sp³-hybridized carbons (Fsp3) is 0.636. The van der Waals surface area contributed by atoms with Crippen molar-refractivity contribution in [2.45, 2.75) is 32.9 Å². The van der Waals surface area contributed by atoms with Crippen LogP contribution in [0.2, 0.25) is 0 Å². The number of hydrogen-bond donors (Lipinski definition) is 1. The van der Waals surface area contributed by atoms with E-state index in [2.05, 4.69) is 0 Å². The van der Waals surface area contributed by atoms with Gasteiger partial charge in [-0.2, -0.15) is 0 Å². The van der Waals surface area contributed by atoms with Crippen molar-refractivity contribution in [3.63, 3.8) is 0 Å². The third kappa shape index (κ3) is 2.52. The number of nitrogens with zero attached hydrogens (tertiary/aromatic N) is 1. The van der Waals surface area contributed by atoms with Crippen LogP contribution in [-0.2, 0) is 26.3 Å². The maximum absolute atomic E-state index is 12.7. The number of hydrogen-bond acceptors (Lipinski definition) is 6. The average Bonchev–Trinajstić information content (AvgIpc) is 2.68. The molecule has 1 aromatic rings. The second-order valence-corrected chi connectivity index (χ2v) is 11.1. The first-order valence-electron chi connectivity index (χ1n) is 6.02. The van der Waals surface area contributed by atoms with Crippen LogP contribution in [0.25, 0.3) is 0 Å². The minimum atomic E-state index is -3.86. The van der Waals surface area contributed by atoms with Gasteiger partial charge in [-0.3, -0.25) is 0 Å². The van der Waals surface area contributed by atoms with Crippen molar-refractivity contribution in [3.05, 3.63) is 11.6 Å². The van der Waals surface area contributed by atoms with Crippen LogP contribution in [0.3, 0.4) is 0 Å². The molecule has 0 bridgehead atoms. The molecular weight excluding hydrogens is 320 g/mol. The Morgan fingerprint density at radius 3 is 2.55 bits per heavy atom. The third-order valence-electron chi connectivity index (χ3n) is 3.49. The molecule has 2 heterocycles. The van der Waals surface area contributed by atoms with Gasteiger partial charge in [-0.05, 0) is 45.5 Å². The minimum absolute atomic E-state index is 0.0832. The van der Waals surface area contributed by atoms with Crippen LogP contribution >= 0.6 is 11.3 Å². The van der Waals surface area contributed by atoms with Crippen molar-refractivity contribution in [2.75, 3.05) is 20.6 Å². The number of rotatable bonds is 3. The maximum Gasteiger partial charge on any atom is 0.247 e. The normalized spacial score (nSPS) is 25.6. The van der Waals surface area contributed by atoms with Crippen molar-refractivity contribution in [1.82, 2.24) is 4.90 Å². The van der Waals surface area contributed by atoms with Gasteiger partial charge >= 0.3 is 0 Å². The van der Waals surface area contributed by atoms with E-state index >= 15 is 0 Å². The van der Waals surface area contributed by atoms with Crippen LogP contribution in [0.5, 0.6) is 0 Å². The Kier molecular flexibility index (Phi) is 3.79. The number of fused-ring (bicyclic) bond motifs is 1. The molecule has 0 aromatic carbocycles. The summed E-state index contributed by atoms with van der Waals surface area (Å²) >= 11 is 0.759. The largest absolute Gasteiger partial charge is 0.308 e. The smallest absolute Gasteiger partial charge is 0.247 e. The molecule has 2 rings (SSSR count). The summed E-state index contributed by atoms with van der Waals surface area (Å²) in [5.74, 6) is 0. The SMILES string of the molecule is CN(C)CC1(C)CCc2cc(S(N)(=O)=O)sc2S1(=O)=O. The van der Waals surface area contributed by atoms with Gasteiger partial charge in [0.05, 0.1) is 4.75 Å². The highest BCUT2D eigenvalue weighted by molar-refractivity contribution is 7.96. The quantitative estimate of drug-likeness (QED) is 0.862. The van der Waals surface area contributed by atoms with Gasteiger partial charge in [0.1, 0.15) is 8.42 Å². The molecule has 1 atom stereocenters. The molecule has 1 unspecified atom stereocenters. The predicted octanol–water partition coefficient (Wildman–Crippen LogP) is 0.436. The first-order chi connectivity index (χ1) is 8.97. The Morgan fingerprint density at radius 1 is 1.45 bits per heavy atom. The van der Waals surface area contributed by atoms with Crippen molar-refractivity contribution >= 4 is 31.2 Å². The molecule has 0 aliphatic carbocycles. The molecule has 0 spiro atoms. The summed E-state index contributed by atoms with van der Waals surface area (Å²) < 4.78 is 47.4. The topological polar surface area (TPSA) is 97.5 Å². The Bertz CT molecular complexity index is 734. The van der Waals surface area contributed by atoms with E-state index in [4.69, 9.17) is 5.14 Å². The fourth-order valence-corrected chi connectivity index (χ4v) is 7.44. The molecule has 20 heavy (non-hydrogen) atoms. The Balaban J connectivity index is 2.57. The first kappa shape index (κ1) is 15.9. The number of nitrogens with two attached hydrogens (primary N) is 1.